The van der Waals surface area contributed by atoms with E-state index in [1.165, 1.54) is 0 Å². The molecule has 0 atom stereocenters. The molecule has 0 aliphatic carbocycles. The van der Waals surface area contributed by atoms with E-state index in [2.05, 4.69) is 0 Å². The third-order valence-corrected chi connectivity index (χ3v) is 4.96. The first-order chi connectivity index (χ1) is 9.71. The zero-order valence-electron chi connectivity index (χ0n) is 10.9. The van der Waals surface area contributed by atoms with E-state index in [0.29, 0.717) is 17.8 Å². The molecule has 1 heterocycles. The van der Waals surface area contributed by atoms with Crippen LogP contribution in [0.5, 0.6) is 0 Å². The third kappa shape index (κ3) is 4.16. The van der Waals surface area contributed by atoms with Gasteiger partial charge in [-0.25, -0.2) is 17.2 Å². The molecule has 0 radical (unpaired) electrons. The summed E-state index contributed by atoms with van der Waals surface area (Å²) < 4.78 is 72.9. The van der Waals surface area contributed by atoms with Crippen LogP contribution < -0.4 is 0 Å². The minimum Gasteiger partial charge on any atom is -0.332 e. The lowest BCUT2D eigenvalue weighted by molar-refractivity contribution is 0.0556. The number of carbonyl (C=O) groups is 1. The number of halogens is 4. The van der Waals surface area contributed by atoms with Crippen molar-refractivity contribution in [2.75, 3.05) is 13.1 Å². The lowest BCUT2D eigenvalue weighted by atomic mass is 10.3. The first kappa shape index (κ1) is 17.9. The number of alkyl halides is 4. The van der Waals surface area contributed by atoms with Gasteiger partial charge in [0.2, 0.25) is 9.84 Å². The van der Waals surface area contributed by atoms with Crippen molar-refractivity contribution in [2.45, 2.75) is 30.4 Å². The maximum Gasteiger partial charge on any atom is 0.341 e. The fourth-order valence-electron chi connectivity index (χ4n) is 1.63. The van der Waals surface area contributed by atoms with Crippen LogP contribution in [-0.2, 0) is 9.84 Å². The molecule has 1 aromatic rings. The van der Waals surface area contributed by atoms with Crippen LogP contribution >= 0.6 is 11.3 Å². The van der Waals surface area contributed by atoms with E-state index >= 15 is 0 Å². The zero-order chi connectivity index (χ0) is 16.2. The Morgan fingerprint density at radius 1 is 1.33 bits per heavy atom. The molecule has 0 saturated heterocycles. The Bertz CT molecular complexity index is 586. The highest BCUT2D eigenvalue weighted by Crippen LogP contribution is 2.28. The number of hydrogen-bond donors (Lipinski definition) is 0. The van der Waals surface area contributed by atoms with Crippen molar-refractivity contribution >= 4 is 27.1 Å². The summed E-state index contributed by atoms with van der Waals surface area (Å²) >= 11 is 0.635. The molecule has 0 fully saturated rings. The Morgan fingerprint density at radius 2 is 1.95 bits per heavy atom. The number of hydrogen-bond acceptors (Lipinski definition) is 4. The lowest BCUT2D eigenvalue weighted by Gasteiger charge is -2.21. The van der Waals surface area contributed by atoms with Gasteiger partial charge < -0.3 is 4.90 Å². The monoisotopic (exact) mass is 347 g/mol. The Hall–Kier alpha value is -1.16. The molecule has 0 aromatic carbocycles. The van der Waals surface area contributed by atoms with Crippen LogP contribution in [0.3, 0.4) is 0 Å². The zero-order valence-corrected chi connectivity index (χ0v) is 12.6. The van der Waals surface area contributed by atoms with Gasteiger partial charge in [0.1, 0.15) is 4.88 Å². The number of thiophene rings is 1. The van der Waals surface area contributed by atoms with Crippen LogP contribution in [0.25, 0.3) is 0 Å². The van der Waals surface area contributed by atoms with Crippen molar-refractivity contribution in [3.05, 3.63) is 16.3 Å². The summed E-state index contributed by atoms with van der Waals surface area (Å²) in [6.07, 6.45) is -2.42. The van der Waals surface area contributed by atoms with Crippen LogP contribution in [0, 0.1) is 0 Å². The van der Waals surface area contributed by atoms with E-state index in [1.54, 1.807) is 6.92 Å². The van der Waals surface area contributed by atoms with Crippen molar-refractivity contribution < 1.29 is 30.8 Å². The predicted molar refractivity (Wildman–Crippen MR) is 69.7 cm³/mol. The number of rotatable bonds is 7. The Labute approximate surface area is 123 Å². The second-order valence-electron chi connectivity index (χ2n) is 4.06. The van der Waals surface area contributed by atoms with Crippen LogP contribution in [0.1, 0.15) is 23.0 Å². The summed E-state index contributed by atoms with van der Waals surface area (Å²) in [5.41, 5.74) is 0. The molecule has 0 unspecified atom stereocenters. The van der Waals surface area contributed by atoms with Crippen molar-refractivity contribution in [3.8, 4) is 0 Å². The molecule has 4 nitrogen and oxygen atoms in total. The van der Waals surface area contributed by atoms with Gasteiger partial charge in [0.05, 0.1) is 11.4 Å². The van der Waals surface area contributed by atoms with Gasteiger partial charge in [0, 0.05) is 6.54 Å². The topological polar surface area (TPSA) is 54.5 Å². The number of amides is 1. The largest absolute Gasteiger partial charge is 0.341 e. The highest BCUT2D eigenvalue weighted by atomic mass is 32.2. The van der Waals surface area contributed by atoms with Gasteiger partial charge in [-0.05, 0) is 17.9 Å². The van der Waals surface area contributed by atoms with E-state index in [-0.39, 0.29) is 6.54 Å². The lowest BCUT2D eigenvalue weighted by Crippen LogP contribution is -2.36. The molecule has 120 valence electrons. The number of sulfone groups is 1. The molecule has 1 aromatic heterocycles. The van der Waals surface area contributed by atoms with Crippen LogP contribution in [-0.4, -0.2) is 44.5 Å². The number of nitrogens with zero attached hydrogens (tertiary/aromatic N) is 1. The highest BCUT2D eigenvalue weighted by Gasteiger charge is 2.33. The van der Waals surface area contributed by atoms with Gasteiger partial charge in [-0.15, -0.1) is 11.3 Å². The Kier molecular flexibility index (Phi) is 6.14. The molecule has 1 amide bonds. The van der Waals surface area contributed by atoms with Gasteiger partial charge in [0.25, 0.3) is 12.3 Å². The average molecular weight is 347 g/mol. The fourth-order valence-corrected chi connectivity index (χ4v) is 3.76. The van der Waals surface area contributed by atoms with Crippen molar-refractivity contribution in [2.24, 2.45) is 0 Å². The summed E-state index contributed by atoms with van der Waals surface area (Å²) in [6, 6.07) is 0.881. The molecule has 0 saturated carbocycles. The first-order valence-electron chi connectivity index (χ1n) is 5.88. The molecule has 0 aliphatic rings. The average Bonchev–Trinajstić information content (AvgIpc) is 2.86. The Balaban J connectivity index is 3.16. The molecule has 1 rings (SSSR count). The van der Waals surface area contributed by atoms with Crippen LogP contribution in [0.15, 0.2) is 16.3 Å². The first-order valence-corrected chi connectivity index (χ1v) is 8.31. The molecule has 0 N–H and O–H groups in total. The van der Waals surface area contributed by atoms with Gasteiger partial charge in [-0.3, -0.25) is 4.79 Å². The van der Waals surface area contributed by atoms with Gasteiger partial charge in [-0.2, -0.15) is 8.78 Å². The van der Waals surface area contributed by atoms with Crippen molar-refractivity contribution in [1.82, 2.24) is 4.90 Å². The van der Waals surface area contributed by atoms with E-state index in [9.17, 15) is 30.8 Å². The third-order valence-electron chi connectivity index (χ3n) is 2.50. The van der Waals surface area contributed by atoms with E-state index in [1.807, 2.05) is 0 Å². The standard InChI is InChI=1S/C11H13F4NO3S2/c1-2-4-16(6-8(12)13)10(17)9-7(3-5-20-9)21(18,19)11(14)15/h3,5,8,11H,2,4,6H2,1H3. The van der Waals surface area contributed by atoms with Crippen molar-refractivity contribution in [3.63, 3.8) is 0 Å². The number of carbonyl (C=O) groups excluding carboxylic acids is 1. The predicted octanol–water partition coefficient (Wildman–Crippen LogP) is 2.86. The summed E-state index contributed by atoms with van der Waals surface area (Å²) in [5, 5.41) is 1.16. The molecule has 10 heteroatoms. The molecular formula is C11H13F4NO3S2. The van der Waals surface area contributed by atoms with Crippen LogP contribution in [0.2, 0.25) is 0 Å². The molecule has 0 aliphatic heterocycles. The van der Waals surface area contributed by atoms with Gasteiger partial charge in [-0.1, -0.05) is 6.92 Å². The molecule has 21 heavy (non-hydrogen) atoms. The summed E-state index contributed by atoms with van der Waals surface area (Å²) in [6.45, 7) is 0.755. The van der Waals surface area contributed by atoms with Crippen LogP contribution in [0.4, 0.5) is 17.6 Å². The minimum absolute atomic E-state index is 0.0186. The SMILES string of the molecule is CCCN(CC(F)F)C(=O)c1sccc1S(=O)(=O)C(F)F. The van der Waals surface area contributed by atoms with Gasteiger partial charge >= 0.3 is 5.76 Å². The molecular weight excluding hydrogens is 334 g/mol. The minimum atomic E-state index is -4.94. The fraction of sp³-hybridized carbons (Fsp3) is 0.545. The quantitative estimate of drug-likeness (QED) is 0.713. The normalized spacial score (nSPS) is 12.1. The van der Waals surface area contributed by atoms with E-state index in [0.717, 1.165) is 16.3 Å². The van der Waals surface area contributed by atoms with E-state index < -0.39 is 44.2 Å². The maximum atomic E-state index is 12.6. The second kappa shape index (κ2) is 7.21. The maximum absolute atomic E-state index is 12.6. The second-order valence-corrected chi connectivity index (χ2v) is 6.86. The van der Waals surface area contributed by atoms with E-state index in [4.69, 9.17) is 0 Å². The van der Waals surface area contributed by atoms with Crippen molar-refractivity contribution in [1.29, 1.82) is 0 Å². The molecule has 0 bridgehead atoms. The molecule has 0 spiro atoms. The van der Waals surface area contributed by atoms with Gasteiger partial charge in [0.15, 0.2) is 0 Å². The summed E-state index contributed by atoms with van der Waals surface area (Å²) in [7, 11) is -4.94. The summed E-state index contributed by atoms with van der Waals surface area (Å²) in [4.78, 5) is 11.6. The summed E-state index contributed by atoms with van der Waals surface area (Å²) in [5.74, 6) is -4.65. The highest BCUT2D eigenvalue weighted by molar-refractivity contribution is 7.92. The smallest absolute Gasteiger partial charge is 0.332 e. The Morgan fingerprint density at radius 3 is 2.43 bits per heavy atom.